The van der Waals surface area contributed by atoms with Crippen LogP contribution in [0.15, 0.2) is 18.2 Å². The molecular formula is C17H29ClN2. The summed E-state index contributed by atoms with van der Waals surface area (Å²) in [7, 11) is 2.18. The maximum absolute atomic E-state index is 6.15. The smallest absolute Gasteiger partial charge is 0.0412 e. The number of nitrogens with one attached hydrogen (secondary N) is 1. The Balaban J connectivity index is 2.86. The van der Waals surface area contributed by atoms with E-state index in [9.17, 15) is 0 Å². The first kappa shape index (κ1) is 17.3. The Morgan fingerprint density at radius 3 is 2.55 bits per heavy atom. The van der Waals surface area contributed by atoms with Gasteiger partial charge in [-0.1, -0.05) is 32.4 Å². The normalized spacial score (nSPS) is 12.8. The Hall–Kier alpha value is -0.730. The average Bonchev–Trinajstić information content (AvgIpc) is 2.37. The number of anilines is 1. The van der Waals surface area contributed by atoms with Gasteiger partial charge in [-0.15, -0.1) is 0 Å². The van der Waals surface area contributed by atoms with Crippen molar-refractivity contribution in [2.75, 3.05) is 18.5 Å². The molecule has 1 N–H and O–H groups in total. The summed E-state index contributed by atoms with van der Waals surface area (Å²) >= 11 is 6.15. The maximum Gasteiger partial charge on any atom is 0.0412 e. The number of hydrogen-bond acceptors (Lipinski definition) is 2. The maximum atomic E-state index is 6.15. The van der Waals surface area contributed by atoms with Crippen LogP contribution in [-0.4, -0.2) is 19.6 Å². The van der Waals surface area contributed by atoms with Crippen molar-refractivity contribution in [3.8, 4) is 0 Å². The lowest BCUT2D eigenvalue weighted by Crippen LogP contribution is -2.31. The van der Waals surface area contributed by atoms with Crippen LogP contribution in [0.25, 0.3) is 0 Å². The molecular weight excluding hydrogens is 268 g/mol. The van der Waals surface area contributed by atoms with E-state index in [1.807, 2.05) is 6.07 Å². The van der Waals surface area contributed by atoms with Crippen molar-refractivity contribution in [2.24, 2.45) is 5.92 Å². The summed E-state index contributed by atoms with van der Waals surface area (Å²) in [6, 6.07) is 6.74. The van der Waals surface area contributed by atoms with Crippen molar-refractivity contribution in [3.05, 3.63) is 28.8 Å². The van der Waals surface area contributed by atoms with Crippen LogP contribution < -0.4 is 10.2 Å². The zero-order valence-electron chi connectivity index (χ0n) is 13.5. The quantitative estimate of drug-likeness (QED) is 0.699. The fraction of sp³-hybridized carbons (Fsp3) is 0.647. The lowest BCUT2D eigenvalue weighted by molar-refractivity contribution is 0.503. The topological polar surface area (TPSA) is 15.3 Å². The molecule has 0 fully saturated rings. The zero-order chi connectivity index (χ0) is 15.1. The van der Waals surface area contributed by atoms with Gasteiger partial charge in [-0.2, -0.15) is 0 Å². The minimum absolute atomic E-state index is 0.529. The van der Waals surface area contributed by atoms with Crippen molar-refractivity contribution in [2.45, 2.75) is 53.1 Å². The lowest BCUT2D eigenvalue weighted by atomic mass is 10.0. The third kappa shape index (κ3) is 5.34. The number of rotatable bonds is 8. The molecule has 0 amide bonds. The molecule has 1 atom stereocenters. The Kier molecular flexibility index (Phi) is 7.39. The molecule has 114 valence electrons. The van der Waals surface area contributed by atoms with E-state index in [0.717, 1.165) is 24.5 Å². The van der Waals surface area contributed by atoms with E-state index >= 15 is 0 Å². The van der Waals surface area contributed by atoms with Gasteiger partial charge in [0.25, 0.3) is 0 Å². The highest BCUT2D eigenvalue weighted by atomic mass is 35.5. The van der Waals surface area contributed by atoms with E-state index in [2.05, 4.69) is 57.1 Å². The molecule has 20 heavy (non-hydrogen) atoms. The predicted molar refractivity (Wildman–Crippen MR) is 90.8 cm³/mol. The summed E-state index contributed by atoms with van der Waals surface area (Å²) in [5, 5.41) is 4.28. The van der Waals surface area contributed by atoms with Gasteiger partial charge in [-0.25, -0.2) is 0 Å². The van der Waals surface area contributed by atoms with Gasteiger partial charge in [-0.05, 0) is 56.0 Å². The molecule has 0 heterocycles. The summed E-state index contributed by atoms with van der Waals surface area (Å²) < 4.78 is 0. The largest absolute Gasteiger partial charge is 0.372 e. The second-order valence-corrected chi connectivity index (χ2v) is 6.48. The van der Waals surface area contributed by atoms with Gasteiger partial charge in [0, 0.05) is 30.3 Å². The van der Waals surface area contributed by atoms with E-state index in [0.29, 0.717) is 12.0 Å². The van der Waals surface area contributed by atoms with Crippen molar-refractivity contribution in [1.29, 1.82) is 0 Å². The molecule has 0 aliphatic carbocycles. The molecule has 0 bridgehead atoms. The second-order valence-electron chi connectivity index (χ2n) is 6.04. The minimum Gasteiger partial charge on any atom is -0.372 e. The molecule has 1 rings (SSSR count). The third-order valence-corrected chi connectivity index (χ3v) is 3.87. The summed E-state index contributed by atoms with van der Waals surface area (Å²) in [4.78, 5) is 2.37. The molecule has 1 aromatic rings. The van der Waals surface area contributed by atoms with Crippen LogP contribution in [-0.2, 0) is 6.54 Å². The van der Waals surface area contributed by atoms with Gasteiger partial charge in [0.15, 0.2) is 0 Å². The summed E-state index contributed by atoms with van der Waals surface area (Å²) in [5.74, 6) is 0.710. The van der Waals surface area contributed by atoms with Crippen molar-refractivity contribution >= 4 is 17.3 Å². The second kappa shape index (κ2) is 8.53. The average molecular weight is 297 g/mol. The standard InChI is InChI=1S/C17H29ClN2/c1-6-9-19-12-15-11-16(18)7-8-17(15)20(5)14(4)10-13(2)3/h7-8,11,13-14,19H,6,9-10,12H2,1-5H3. The van der Waals surface area contributed by atoms with Gasteiger partial charge in [0.2, 0.25) is 0 Å². The minimum atomic E-state index is 0.529. The van der Waals surface area contributed by atoms with Crippen molar-refractivity contribution in [3.63, 3.8) is 0 Å². The highest BCUT2D eigenvalue weighted by Crippen LogP contribution is 2.26. The van der Waals surface area contributed by atoms with Gasteiger partial charge >= 0.3 is 0 Å². The highest BCUT2D eigenvalue weighted by molar-refractivity contribution is 6.30. The van der Waals surface area contributed by atoms with Crippen molar-refractivity contribution in [1.82, 2.24) is 5.32 Å². The summed E-state index contributed by atoms with van der Waals surface area (Å²) in [5.41, 5.74) is 2.57. The molecule has 0 saturated heterocycles. The molecule has 0 radical (unpaired) electrons. The van der Waals surface area contributed by atoms with E-state index in [1.54, 1.807) is 0 Å². The molecule has 0 spiro atoms. The Bertz CT molecular complexity index is 404. The van der Waals surface area contributed by atoms with Crippen LogP contribution in [0.2, 0.25) is 5.02 Å². The molecule has 0 saturated carbocycles. The monoisotopic (exact) mass is 296 g/mol. The molecule has 1 unspecified atom stereocenters. The van der Waals surface area contributed by atoms with Crippen LogP contribution in [0, 0.1) is 5.92 Å². The Labute approximate surface area is 129 Å². The third-order valence-electron chi connectivity index (χ3n) is 3.64. The van der Waals surface area contributed by atoms with Crippen LogP contribution in [0.1, 0.15) is 46.1 Å². The van der Waals surface area contributed by atoms with E-state index < -0.39 is 0 Å². The fourth-order valence-electron chi connectivity index (χ4n) is 2.52. The van der Waals surface area contributed by atoms with E-state index in [1.165, 1.54) is 17.7 Å². The van der Waals surface area contributed by atoms with Crippen molar-refractivity contribution < 1.29 is 0 Å². The van der Waals surface area contributed by atoms with Gasteiger partial charge < -0.3 is 10.2 Å². The first-order chi connectivity index (χ1) is 9.45. The number of nitrogens with zero attached hydrogens (tertiary/aromatic N) is 1. The SMILES string of the molecule is CCCNCc1cc(Cl)ccc1N(C)C(C)CC(C)C. The summed E-state index contributed by atoms with van der Waals surface area (Å²) in [6.45, 7) is 10.9. The Morgan fingerprint density at radius 2 is 1.95 bits per heavy atom. The van der Waals surface area contributed by atoms with E-state index in [-0.39, 0.29) is 0 Å². The zero-order valence-corrected chi connectivity index (χ0v) is 14.3. The fourth-order valence-corrected chi connectivity index (χ4v) is 2.71. The van der Waals surface area contributed by atoms with Gasteiger partial charge in [0.05, 0.1) is 0 Å². The first-order valence-corrected chi connectivity index (χ1v) is 8.05. The van der Waals surface area contributed by atoms with E-state index in [4.69, 9.17) is 11.6 Å². The lowest BCUT2D eigenvalue weighted by Gasteiger charge is -2.30. The molecule has 0 aliphatic rings. The van der Waals surface area contributed by atoms with Crippen LogP contribution in [0.5, 0.6) is 0 Å². The predicted octanol–water partition coefficient (Wildman–Crippen LogP) is 4.71. The number of halogens is 1. The van der Waals surface area contributed by atoms with Crippen LogP contribution in [0.4, 0.5) is 5.69 Å². The first-order valence-electron chi connectivity index (χ1n) is 7.67. The summed E-state index contributed by atoms with van der Waals surface area (Å²) in [6.07, 6.45) is 2.34. The molecule has 0 aromatic heterocycles. The molecule has 3 heteroatoms. The number of hydrogen-bond donors (Lipinski definition) is 1. The van der Waals surface area contributed by atoms with Crippen LogP contribution in [0.3, 0.4) is 0 Å². The number of benzene rings is 1. The molecule has 2 nitrogen and oxygen atoms in total. The molecule has 0 aliphatic heterocycles. The van der Waals surface area contributed by atoms with Gasteiger partial charge in [-0.3, -0.25) is 0 Å². The molecule has 1 aromatic carbocycles. The van der Waals surface area contributed by atoms with Crippen LogP contribution >= 0.6 is 11.6 Å². The Morgan fingerprint density at radius 1 is 1.25 bits per heavy atom. The highest BCUT2D eigenvalue weighted by Gasteiger charge is 2.15. The van der Waals surface area contributed by atoms with Gasteiger partial charge in [0.1, 0.15) is 0 Å².